The molecule has 0 radical (unpaired) electrons. The van der Waals surface area contributed by atoms with Gasteiger partial charge < -0.3 is 18.8 Å². The molecule has 0 unspecified atom stereocenters. The molecule has 1 saturated heterocycles. The second-order valence-electron chi connectivity index (χ2n) is 4.80. The van der Waals surface area contributed by atoms with Crippen LogP contribution in [0, 0.1) is 6.92 Å². The normalized spacial score (nSPS) is 15.6. The van der Waals surface area contributed by atoms with Crippen molar-refractivity contribution in [2.75, 3.05) is 38.3 Å². The molecule has 20 heavy (non-hydrogen) atoms. The Bertz CT molecular complexity index is 686. The van der Waals surface area contributed by atoms with Crippen molar-refractivity contribution in [1.29, 1.82) is 0 Å². The summed E-state index contributed by atoms with van der Waals surface area (Å²) in [5, 5.41) is 0.552. The zero-order valence-electron chi connectivity index (χ0n) is 11.6. The number of nitrogens with zero attached hydrogens (tertiary/aromatic N) is 1. The van der Waals surface area contributed by atoms with Crippen LogP contribution in [0.15, 0.2) is 27.4 Å². The number of rotatable bonds is 2. The van der Waals surface area contributed by atoms with Gasteiger partial charge >= 0.3 is 0 Å². The van der Waals surface area contributed by atoms with Crippen LogP contribution < -0.4 is 15.1 Å². The lowest BCUT2D eigenvalue weighted by Crippen LogP contribution is -2.39. The first-order valence-corrected chi connectivity index (χ1v) is 6.65. The number of morpholine rings is 1. The van der Waals surface area contributed by atoms with Gasteiger partial charge in [-0.05, 0) is 25.1 Å². The predicted octanol–water partition coefficient (Wildman–Crippen LogP) is 1.95. The quantitative estimate of drug-likeness (QED) is 0.838. The lowest BCUT2D eigenvalue weighted by molar-refractivity contribution is 0.122. The van der Waals surface area contributed by atoms with Crippen molar-refractivity contribution in [2.45, 2.75) is 6.92 Å². The zero-order chi connectivity index (χ0) is 14.1. The molecule has 0 N–H and O–H groups in total. The molecular formula is C15H17NO4. The van der Waals surface area contributed by atoms with Crippen LogP contribution in [0.4, 0.5) is 5.69 Å². The summed E-state index contributed by atoms with van der Waals surface area (Å²) in [7, 11) is 1.58. The molecular weight excluding hydrogens is 258 g/mol. The number of methoxy groups -OCH3 is 1. The molecule has 1 aliphatic rings. The Morgan fingerprint density at radius 3 is 2.70 bits per heavy atom. The Hall–Kier alpha value is -2.01. The van der Waals surface area contributed by atoms with Gasteiger partial charge in [0, 0.05) is 13.1 Å². The SMILES string of the molecule is COc1ccc2oc(C)c(N3CCOCC3)c(=O)c2c1. The first-order chi connectivity index (χ1) is 9.70. The van der Waals surface area contributed by atoms with E-state index in [2.05, 4.69) is 0 Å². The molecule has 3 rings (SSSR count). The van der Waals surface area contributed by atoms with Crippen molar-refractivity contribution in [3.63, 3.8) is 0 Å². The summed E-state index contributed by atoms with van der Waals surface area (Å²) in [6.07, 6.45) is 0. The highest BCUT2D eigenvalue weighted by Crippen LogP contribution is 2.25. The number of ether oxygens (including phenoxy) is 2. The maximum absolute atomic E-state index is 12.7. The summed E-state index contributed by atoms with van der Waals surface area (Å²) in [5.74, 6) is 1.30. The monoisotopic (exact) mass is 275 g/mol. The van der Waals surface area contributed by atoms with Crippen molar-refractivity contribution < 1.29 is 13.9 Å². The van der Waals surface area contributed by atoms with Gasteiger partial charge in [0.1, 0.15) is 22.8 Å². The molecule has 0 atom stereocenters. The molecule has 0 amide bonds. The standard InChI is InChI=1S/C15H17NO4/c1-10-14(16-5-7-19-8-6-16)15(17)12-9-11(18-2)3-4-13(12)20-10/h3-4,9H,5-8H2,1-2H3. The molecule has 2 heterocycles. The topological polar surface area (TPSA) is 51.9 Å². The van der Waals surface area contributed by atoms with Crippen LogP contribution in [0.1, 0.15) is 5.76 Å². The third-order valence-electron chi connectivity index (χ3n) is 3.57. The molecule has 1 fully saturated rings. The molecule has 0 spiro atoms. The molecule has 2 aromatic rings. The third-order valence-corrected chi connectivity index (χ3v) is 3.57. The maximum atomic E-state index is 12.7. The molecule has 0 saturated carbocycles. The molecule has 106 valence electrons. The average molecular weight is 275 g/mol. The smallest absolute Gasteiger partial charge is 0.216 e. The highest BCUT2D eigenvalue weighted by atomic mass is 16.5. The van der Waals surface area contributed by atoms with Crippen LogP contribution in [0.2, 0.25) is 0 Å². The Morgan fingerprint density at radius 1 is 1.25 bits per heavy atom. The Kier molecular flexibility index (Phi) is 3.36. The Balaban J connectivity index is 2.18. The number of hydrogen-bond donors (Lipinski definition) is 0. The van der Waals surface area contributed by atoms with Crippen LogP contribution >= 0.6 is 0 Å². The second-order valence-corrected chi connectivity index (χ2v) is 4.80. The first kappa shape index (κ1) is 13.0. The van der Waals surface area contributed by atoms with Gasteiger partial charge in [0.25, 0.3) is 0 Å². The lowest BCUT2D eigenvalue weighted by atomic mass is 10.1. The average Bonchev–Trinajstić information content (AvgIpc) is 2.48. The largest absolute Gasteiger partial charge is 0.497 e. The van der Waals surface area contributed by atoms with E-state index in [1.165, 1.54) is 0 Å². The van der Waals surface area contributed by atoms with Crippen LogP contribution in [0.25, 0.3) is 11.0 Å². The summed E-state index contributed by atoms with van der Waals surface area (Å²) in [6.45, 7) is 4.52. The highest BCUT2D eigenvalue weighted by molar-refractivity contribution is 5.82. The van der Waals surface area contributed by atoms with Crippen LogP contribution in [0.5, 0.6) is 5.75 Å². The molecule has 0 bridgehead atoms. The van der Waals surface area contributed by atoms with E-state index in [1.807, 2.05) is 11.8 Å². The van der Waals surface area contributed by atoms with Crippen molar-refractivity contribution in [3.05, 3.63) is 34.2 Å². The van der Waals surface area contributed by atoms with Gasteiger partial charge in [-0.2, -0.15) is 0 Å². The van der Waals surface area contributed by atoms with Crippen molar-refractivity contribution in [1.82, 2.24) is 0 Å². The second kappa shape index (κ2) is 5.17. The Labute approximate surface area is 116 Å². The summed E-state index contributed by atoms with van der Waals surface area (Å²) in [5.41, 5.74) is 1.21. The van der Waals surface area contributed by atoms with E-state index in [9.17, 15) is 4.79 Å². The van der Waals surface area contributed by atoms with Gasteiger partial charge in [0.05, 0.1) is 25.7 Å². The third kappa shape index (κ3) is 2.14. The molecule has 1 aromatic heterocycles. The van der Waals surface area contributed by atoms with Gasteiger partial charge in [-0.3, -0.25) is 4.79 Å². The van der Waals surface area contributed by atoms with E-state index < -0.39 is 0 Å². The zero-order valence-corrected chi connectivity index (χ0v) is 11.6. The van der Waals surface area contributed by atoms with E-state index in [0.717, 1.165) is 0 Å². The summed E-state index contributed by atoms with van der Waals surface area (Å²) in [6, 6.07) is 5.29. The van der Waals surface area contributed by atoms with Gasteiger partial charge in [0.15, 0.2) is 0 Å². The Morgan fingerprint density at radius 2 is 2.00 bits per heavy atom. The molecule has 5 nitrogen and oxygen atoms in total. The lowest BCUT2D eigenvalue weighted by Gasteiger charge is -2.28. The fourth-order valence-corrected chi connectivity index (χ4v) is 2.56. The number of hydrogen-bond acceptors (Lipinski definition) is 5. The fourth-order valence-electron chi connectivity index (χ4n) is 2.56. The van der Waals surface area contributed by atoms with Crippen molar-refractivity contribution in [3.8, 4) is 5.75 Å². The molecule has 0 aliphatic carbocycles. The van der Waals surface area contributed by atoms with Crippen LogP contribution in [-0.4, -0.2) is 33.4 Å². The van der Waals surface area contributed by atoms with Crippen LogP contribution in [-0.2, 0) is 4.74 Å². The molecule has 5 heteroatoms. The number of benzene rings is 1. The summed E-state index contributed by atoms with van der Waals surface area (Å²) in [4.78, 5) is 14.7. The number of aryl methyl sites for hydroxylation is 1. The van der Waals surface area contributed by atoms with E-state index in [1.54, 1.807) is 25.3 Å². The predicted molar refractivity (Wildman–Crippen MR) is 76.8 cm³/mol. The van der Waals surface area contributed by atoms with E-state index >= 15 is 0 Å². The first-order valence-electron chi connectivity index (χ1n) is 6.65. The van der Waals surface area contributed by atoms with E-state index in [4.69, 9.17) is 13.9 Å². The number of fused-ring (bicyclic) bond motifs is 1. The fraction of sp³-hybridized carbons (Fsp3) is 0.400. The van der Waals surface area contributed by atoms with Gasteiger partial charge in [-0.1, -0.05) is 0 Å². The summed E-state index contributed by atoms with van der Waals surface area (Å²) >= 11 is 0. The van der Waals surface area contributed by atoms with Crippen LogP contribution in [0.3, 0.4) is 0 Å². The minimum Gasteiger partial charge on any atom is -0.497 e. The van der Waals surface area contributed by atoms with Gasteiger partial charge in [-0.25, -0.2) is 0 Å². The van der Waals surface area contributed by atoms with Crippen molar-refractivity contribution in [2.24, 2.45) is 0 Å². The number of anilines is 1. The minimum absolute atomic E-state index is 0.00968. The minimum atomic E-state index is -0.00968. The van der Waals surface area contributed by atoms with E-state index in [0.29, 0.717) is 54.5 Å². The van der Waals surface area contributed by atoms with E-state index in [-0.39, 0.29) is 5.43 Å². The van der Waals surface area contributed by atoms with Crippen molar-refractivity contribution >= 4 is 16.7 Å². The van der Waals surface area contributed by atoms with Gasteiger partial charge in [0.2, 0.25) is 5.43 Å². The molecule has 1 aliphatic heterocycles. The highest BCUT2D eigenvalue weighted by Gasteiger charge is 2.20. The van der Waals surface area contributed by atoms with Gasteiger partial charge in [-0.15, -0.1) is 0 Å². The summed E-state index contributed by atoms with van der Waals surface area (Å²) < 4.78 is 16.3. The maximum Gasteiger partial charge on any atom is 0.216 e. The molecule has 1 aromatic carbocycles.